The van der Waals surface area contributed by atoms with Crippen LogP contribution in [0, 0.1) is 0 Å². The van der Waals surface area contributed by atoms with Crippen LogP contribution in [0.4, 0.5) is 5.69 Å². The zero-order valence-corrected chi connectivity index (χ0v) is 12.8. The van der Waals surface area contributed by atoms with Crippen LogP contribution in [0.15, 0.2) is 24.3 Å². The van der Waals surface area contributed by atoms with E-state index in [9.17, 15) is 9.90 Å². The van der Waals surface area contributed by atoms with E-state index in [-0.39, 0.29) is 5.91 Å². The lowest BCUT2D eigenvalue weighted by Crippen LogP contribution is -2.32. The first-order chi connectivity index (χ1) is 10.2. The van der Waals surface area contributed by atoms with E-state index in [1.165, 1.54) is 24.9 Å². The van der Waals surface area contributed by atoms with Crippen molar-refractivity contribution >= 4 is 11.6 Å². The number of carbonyl (C=O) groups excluding carboxylic acids is 1. The third kappa shape index (κ3) is 4.74. The van der Waals surface area contributed by atoms with E-state index in [2.05, 4.69) is 10.2 Å². The number of piperidine rings is 1. The van der Waals surface area contributed by atoms with Gasteiger partial charge < -0.3 is 15.3 Å². The normalized spacial score (nSPS) is 16.6. The van der Waals surface area contributed by atoms with E-state index >= 15 is 0 Å². The van der Waals surface area contributed by atoms with Crippen molar-refractivity contribution in [3.8, 4) is 0 Å². The van der Waals surface area contributed by atoms with Crippen molar-refractivity contribution in [2.45, 2.75) is 45.1 Å². The molecule has 1 amide bonds. The van der Waals surface area contributed by atoms with Crippen molar-refractivity contribution in [2.75, 3.05) is 24.5 Å². The SMILES string of the molecule is CCCC(O)CNC(=O)c1ccc(N2CCCCC2)cc1. The second kappa shape index (κ2) is 8.03. The molecule has 1 aliphatic heterocycles. The van der Waals surface area contributed by atoms with Gasteiger partial charge in [-0.3, -0.25) is 4.79 Å². The van der Waals surface area contributed by atoms with Crippen molar-refractivity contribution in [3.63, 3.8) is 0 Å². The van der Waals surface area contributed by atoms with Crippen molar-refractivity contribution in [2.24, 2.45) is 0 Å². The van der Waals surface area contributed by atoms with Gasteiger partial charge in [0.1, 0.15) is 0 Å². The van der Waals surface area contributed by atoms with Crippen molar-refractivity contribution < 1.29 is 9.90 Å². The Bertz CT molecular complexity index is 439. The van der Waals surface area contributed by atoms with Crippen LogP contribution in [-0.2, 0) is 0 Å². The van der Waals surface area contributed by atoms with Crippen LogP contribution in [0.3, 0.4) is 0 Å². The topological polar surface area (TPSA) is 52.6 Å². The van der Waals surface area contributed by atoms with Crippen LogP contribution in [-0.4, -0.2) is 36.8 Å². The number of nitrogens with one attached hydrogen (secondary N) is 1. The number of aliphatic hydroxyl groups is 1. The highest BCUT2D eigenvalue weighted by Gasteiger charge is 2.12. The van der Waals surface area contributed by atoms with Crippen molar-refractivity contribution in [1.82, 2.24) is 5.32 Å². The van der Waals surface area contributed by atoms with Gasteiger partial charge in [0.05, 0.1) is 6.10 Å². The number of carbonyl (C=O) groups is 1. The summed E-state index contributed by atoms with van der Waals surface area (Å²) in [5, 5.41) is 12.4. The van der Waals surface area contributed by atoms with Crippen LogP contribution in [0.1, 0.15) is 49.4 Å². The maximum atomic E-state index is 12.0. The molecule has 2 rings (SSSR count). The van der Waals surface area contributed by atoms with Gasteiger partial charge in [-0.25, -0.2) is 0 Å². The Hall–Kier alpha value is -1.55. The molecule has 0 bridgehead atoms. The van der Waals surface area contributed by atoms with E-state index in [1.54, 1.807) is 0 Å². The Morgan fingerprint density at radius 1 is 1.24 bits per heavy atom. The van der Waals surface area contributed by atoms with Gasteiger partial charge in [0.25, 0.3) is 5.91 Å². The lowest BCUT2D eigenvalue weighted by Gasteiger charge is -2.28. The molecule has 0 aliphatic carbocycles. The minimum absolute atomic E-state index is 0.115. The summed E-state index contributed by atoms with van der Waals surface area (Å²) in [6.07, 6.45) is 4.99. The summed E-state index contributed by atoms with van der Waals surface area (Å²) in [7, 11) is 0. The molecule has 1 aromatic carbocycles. The maximum Gasteiger partial charge on any atom is 0.251 e. The molecule has 4 nitrogen and oxygen atoms in total. The molecular formula is C17H26N2O2. The largest absolute Gasteiger partial charge is 0.391 e. The van der Waals surface area contributed by atoms with Crippen molar-refractivity contribution in [3.05, 3.63) is 29.8 Å². The van der Waals surface area contributed by atoms with Crippen LogP contribution < -0.4 is 10.2 Å². The standard InChI is InChI=1S/C17H26N2O2/c1-2-6-16(20)13-18-17(21)14-7-9-15(10-8-14)19-11-4-3-5-12-19/h7-10,16,20H,2-6,11-13H2,1H3,(H,18,21). The van der Waals surface area contributed by atoms with E-state index in [4.69, 9.17) is 0 Å². The number of rotatable bonds is 6. The predicted octanol–water partition coefficient (Wildman–Crippen LogP) is 2.57. The molecule has 0 radical (unpaired) electrons. The second-order valence-corrected chi connectivity index (χ2v) is 5.75. The molecule has 1 heterocycles. The molecule has 1 atom stereocenters. The van der Waals surface area contributed by atoms with Gasteiger partial charge in [0, 0.05) is 30.9 Å². The Labute approximate surface area is 127 Å². The zero-order chi connectivity index (χ0) is 15.1. The Balaban J connectivity index is 1.87. The van der Waals surface area contributed by atoms with Crippen LogP contribution >= 0.6 is 0 Å². The van der Waals surface area contributed by atoms with Gasteiger partial charge in [0.2, 0.25) is 0 Å². The lowest BCUT2D eigenvalue weighted by atomic mass is 10.1. The summed E-state index contributed by atoms with van der Waals surface area (Å²) < 4.78 is 0. The van der Waals surface area contributed by atoms with E-state index in [1.807, 2.05) is 31.2 Å². The first-order valence-electron chi connectivity index (χ1n) is 8.02. The fraction of sp³-hybridized carbons (Fsp3) is 0.588. The third-order valence-electron chi connectivity index (χ3n) is 3.97. The molecule has 1 aliphatic rings. The Morgan fingerprint density at radius 2 is 1.90 bits per heavy atom. The van der Waals surface area contributed by atoms with Gasteiger partial charge in [-0.2, -0.15) is 0 Å². The average Bonchev–Trinajstić information content (AvgIpc) is 2.54. The van der Waals surface area contributed by atoms with Gasteiger partial charge in [-0.05, 0) is 49.9 Å². The van der Waals surface area contributed by atoms with Gasteiger partial charge >= 0.3 is 0 Å². The van der Waals surface area contributed by atoms with Crippen molar-refractivity contribution in [1.29, 1.82) is 0 Å². The summed E-state index contributed by atoms with van der Waals surface area (Å²) in [5.74, 6) is -0.115. The maximum absolute atomic E-state index is 12.0. The fourth-order valence-electron chi connectivity index (χ4n) is 2.72. The molecule has 1 saturated heterocycles. The molecule has 1 fully saturated rings. The molecular weight excluding hydrogens is 264 g/mol. The zero-order valence-electron chi connectivity index (χ0n) is 12.8. The quantitative estimate of drug-likeness (QED) is 0.846. The number of anilines is 1. The van der Waals surface area contributed by atoms with Gasteiger partial charge in [-0.15, -0.1) is 0 Å². The highest BCUT2D eigenvalue weighted by atomic mass is 16.3. The number of hydrogen-bond donors (Lipinski definition) is 2. The Morgan fingerprint density at radius 3 is 2.52 bits per heavy atom. The predicted molar refractivity (Wildman–Crippen MR) is 85.8 cm³/mol. The second-order valence-electron chi connectivity index (χ2n) is 5.75. The fourth-order valence-corrected chi connectivity index (χ4v) is 2.72. The highest BCUT2D eigenvalue weighted by Crippen LogP contribution is 2.20. The lowest BCUT2D eigenvalue weighted by molar-refractivity contribution is 0.0910. The molecule has 21 heavy (non-hydrogen) atoms. The molecule has 4 heteroatoms. The number of nitrogens with zero attached hydrogens (tertiary/aromatic N) is 1. The monoisotopic (exact) mass is 290 g/mol. The summed E-state index contributed by atoms with van der Waals surface area (Å²) in [5.41, 5.74) is 1.84. The minimum atomic E-state index is -0.452. The molecule has 116 valence electrons. The third-order valence-corrected chi connectivity index (χ3v) is 3.97. The number of aliphatic hydroxyl groups excluding tert-OH is 1. The summed E-state index contributed by atoms with van der Waals surface area (Å²) in [4.78, 5) is 14.4. The van der Waals surface area contributed by atoms with Crippen LogP contribution in [0.2, 0.25) is 0 Å². The van der Waals surface area contributed by atoms with Gasteiger partial charge in [0.15, 0.2) is 0 Å². The first kappa shape index (κ1) is 15.8. The summed E-state index contributed by atoms with van der Waals surface area (Å²) in [6, 6.07) is 7.77. The number of hydrogen-bond acceptors (Lipinski definition) is 3. The average molecular weight is 290 g/mol. The molecule has 2 N–H and O–H groups in total. The number of benzene rings is 1. The smallest absolute Gasteiger partial charge is 0.251 e. The van der Waals surface area contributed by atoms with E-state index in [0.717, 1.165) is 19.5 Å². The summed E-state index contributed by atoms with van der Waals surface area (Å²) in [6.45, 7) is 4.55. The molecule has 1 aromatic rings. The molecule has 1 unspecified atom stereocenters. The summed E-state index contributed by atoms with van der Waals surface area (Å²) >= 11 is 0. The first-order valence-corrected chi connectivity index (χ1v) is 8.02. The Kier molecular flexibility index (Phi) is 6.05. The molecule has 0 saturated carbocycles. The van der Waals surface area contributed by atoms with Crippen LogP contribution in [0.5, 0.6) is 0 Å². The van der Waals surface area contributed by atoms with E-state index < -0.39 is 6.10 Å². The van der Waals surface area contributed by atoms with Crippen LogP contribution in [0.25, 0.3) is 0 Å². The number of amides is 1. The van der Waals surface area contributed by atoms with E-state index in [0.29, 0.717) is 18.5 Å². The highest BCUT2D eigenvalue weighted by molar-refractivity contribution is 5.94. The minimum Gasteiger partial charge on any atom is -0.391 e. The van der Waals surface area contributed by atoms with Gasteiger partial charge in [-0.1, -0.05) is 13.3 Å². The molecule has 0 aromatic heterocycles. The molecule has 0 spiro atoms.